The number of cyclic esters (lactones) is 1. The number of benzene rings is 1. The third-order valence-corrected chi connectivity index (χ3v) is 3.89. The van der Waals surface area contributed by atoms with Crippen LogP contribution in [0.25, 0.3) is 0 Å². The highest BCUT2D eigenvalue weighted by Crippen LogP contribution is 2.22. The summed E-state index contributed by atoms with van der Waals surface area (Å²) in [5.41, 5.74) is 0.210. The van der Waals surface area contributed by atoms with Crippen molar-refractivity contribution in [1.29, 1.82) is 0 Å². The lowest BCUT2D eigenvalue weighted by Gasteiger charge is -2.35. The van der Waals surface area contributed by atoms with E-state index in [-0.39, 0.29) is 30.7 Å². The molecule has 6 nitrogen and oxygen atoms in total. The topological polar surface area (TPSA) is 67.9 Å². The summed E-state index contributed by atoms with van der Waals surface area (Å²) < 4.78 is 35.5. The Bertz CT molecular complexity index is 723. The van der Waals surface area contributed by atoms with Crippen LogP contribution in [0.4, 0.5) is 18.4 Å². The maximum atomic E-state index is 12.9. The molecule has 2 aliphatic heterocycles. The number of amides is 2. The maximum absolute atomic E-state index is 12.9. The summed E-state index contributed by atoms with van der Waals surface area (Å²) in [4.78, 5) is 24.1. The van der Waals surface area contributed by atoms with Gasteiger partial charge in [-0.1, -0.05) is 30.0 Å². The van der Waals surface area contributed by atoms with Gasteiger partial charge in [-0.25, -0.2) is 18.4 Å². The summed E-state index contributed by atoms with van der Waals surface area (Å²) in [6, 6.07) is 5.78. The van der Waals surface area contributed by atoms with E-state index in [1.54, 1.807) is 18.2 Å². The normalized spacial score (nSPS) is 19.6. The van der Waals surface area contributed by atoms with E-state index >= 15 is 0 Å². The van der Waals surface area contributed by atoms with Crippen LogP contribution in [0.3, 0.4) is 0 Å². The third-order valence-electron chi connectivity index (χ3n) is 3.89. The highest BCUT2D eigenvalue weighted by atomic mass is 19.3. The Balaban J connectivity index is 1.45. The van der Waals surface area contributed by atoms with E-state index in [9.17, 15) is 18.4 Å². The first-order valence-corrected chi connectivity index (χ1v) is 7.76. The monoisotopic (exact) mass is 350 g/mol. The van der Waals surface area contributed by atoms with Gasteiger partial charge in [-0.15, -0.1) is 0 Å². The van der Waals surface area contributed by atoms with Gasteiger partial charge in [0.15, 0.2) is 0 Å². The van der Waals surface area contributed by atoms with Gasteiger partial charge in [0.1, 0.15) is 19.3 Å². The molecule has 2 saturated heterocycles. The fraction of sp³-hybridized carbons (Fsp3) is 0.412. The number of alkyl carbamates (subject to hydrolysis) is 1. The van der Waals surface area contributed by atoms with Crippen molar-refractivity contribution < 1.29 is 27.8 Å². The number of hydrogen-bond donors (Lipinski definition) is 1. The van der Waals surface area contributed by atoms with Crippen molar-refractivity contribution in [3.05, 3.63) is 35.4 Å². The van der Waals surface area contributed by atoms with Crippen LogP contribution in [0.2, 0.25) is 0 Å². The highest BCUT2D eigenvalue weighted by Gasteiger charge is 2.32. The maximum Gasteiger partial charge on any atom is 0.409 e. The summed E-state index contributed by atoms with van der Waals surface area (Å²) in [6.07, 6.45) is -3.59. The zero-order valence-corrected chi connectivity index (χ0v) is 13.2. The zero-order valence-electron chi connectivity index (χ0n) is 13.2. The van der Waals surface area contributed by atoms with Crippen LogP contribution in [0, 0.1) is 17.8 Å². The van der Waals surface area contributed by atoms with Crippen molar-refractivity contribution in [2.45, 2.75) is 12.5 Å². The summed E-state index contributed by atoms with van der Waals surface area (Å²) in [7, 11) is 0. The molecule has 3 rings (SSSR count). The number of carbonyl (C=O) groups is 2. The first kappa shape index (κ1) is 17.0. The van der Waals surface area contributed by atoms with Gasteiger partial charge >= 0.3 is 12.2 Å². The van der Waals surface area contributed by atoms with E-state index in [0.29, 0.717) is 18.7 Å². The number of rotatable bonds is 3. The van der Waals surface area contributed by atoms with Gasteiger partial charge in [0.2, 0.25) is 0 Å². The molecule has 0 unspecified atom stereocenters. The SMILES string of the molecule is O=C1N[C@H](COC(=O)N2CC(C#Cc3ccccc3C(F)F)C2)CO1. The minimum atomic E-state index is -2.57. The molecule has 2 heterocycles. The molecule has 1 aromatic rings. The van der Waals surface area contributed by atoms with Gasteiger partial charge in [-0.05, 0) is 6.07 Å². The van der Waals surface area contributed by atoms with Crippen molar-refractivity contribution >= 4 is 12.2 Å². The number of ether oxygens (including phenoxy) is 2. The van der Waals surface area contributed by atoms with E-state index in [1.165, 1.54) is 11.0 Å². The molecule has 0 aliphatic carbocycles. The Labute approximate surface area is 143 Å². The minimum Gasteiger partial charge on any atom is -0.447 e. The van der Waals surface area contributed by atoms with E-state index in [0.717, 1.165) is 0 Å². The molecular formula is C17H16F2N2O4. The summed E-state index contributed by atoms with van der Waals surface area (Å²) in [5.74, 6) is 5.60. The molecule has 0 saturated carbocycles. The summed E-state index contributed by atoms with van der Waals surface area (Å²) in [6.45, 7) is 0.981. The molecule has 1 atom stereocenters. The van der Waals surface area contributed by atoms with Crippen LogP contribution in [-0.2, 0) is 9.47 Å². The summed E-state index contributed by atoms with van der Waals surface area (Å²) in [5, 5.41) is 2.51. The van der Waals surface area contributed by atoms with Gasteiger partial charge < -0.3 is 19.7 Å². The number of nitrogens with one attached hydrogen (secondary N) is 1. The minimum absolute atomic E-state index is 0.0409. The molecule has 1 N–H and O–H groups in total. The highest BCUT2D eigenvalue weighted by molar-refractivity contribution is 5.70. The molecule has 2 amide bonds. The number of carbonyl (C=O) groups excluding carboxylic acids is 2. The van der Waals surface area contributed by atoms with E-state index in [1.807, 2.05) is 0 Å². The van der Waals surface area contributed by atoms with Crippen molar-refractivity contribution in [3.63, 3.8) is 0 Å². The molecule has 2 aliphatic rings. The lowest BCUT2D eigenvalue weighted by atomic mass is 10.0. The summed E-state index contributed by atoms with van der Waals surface area (Å²) >= 11 is 0. The molecular weight excluding hydrogens is 334 g/mol. The zero-order chi connectivity index (χ0) is 17.8. The second-order valence-electron chi connectivity index (χ2n) is 5.78. The molecule has 25 heavy (non-hydrogen) atoms. The quantitative estimate of drug-likeness (QED) is 0.849. The Hall–Kier alpha value is -2.82. The van der Waals surface area contributed by atoms with Crippen LogP contribution in [0.15, 0.2) is 24.3 Å². The standard InChI is InChI=1S/C17H16F2N2O4/c18-15(19)14-4-2-1-3-12(14)6-5-11-7-21(8-11)17(23)25-10-13-9-24-16(22)20-13/h1-4,11,13,15H,7-10H2,(H,20,22)/t13-/m0/s1. The lowest BCUT2D eigenvalue weighted by molar-refractivity contribution is 0.0612. The van der Waals surface area contributed by atoms with Gasteiger partial charge in [-0.2, -0.15) is 0 Å². The largest absolute Gasteiger partial charge is 0.447 e. The van der Waals surface area contributed by atoms with Gasteiger partial charge in [0.05, 0.1) is 5.92 Å². The van der Waals surface area contributed by atoms with Crippen molar-refractivity contribution in [2.75, 3.05) is 26.3 Å². The Kier molecular flexibility index (Phi) is 5.03. The first-order chi connectivity index (χ1) is 12.0. The molecule has 8 heteroatoms. The number of nitrogens with zero attached hydrogens (tertiary/aromatic N) is 1. The van der Waals surface area contributed by atoms with Crippen LogP contribution < -0.4 is 5.32 Å². The predicted octanol–water partition coefficient (Wildman–Crippen LogP) is 2.15. The average Bonchev–Trinajstić information content (AvgIpc) is 2.97. The Morgan fingerprint density at radius 2 is 2.16 bits per heavy atom. The number of likely N-dealkylation sites (tertiary alicyclic amines) is 1. The fourth-order valence-electron chi connectivity index (χ4n) is 2.48. The molecule has 0 aromatic heterocycles. The number of halogens is 2. The Morgan fingerprint density at radius 1 is 1.40 bits per heavy atom. The van der Waals surface area contributed by atoms with Gasteiger partial charge in [-0.3, -0.25) is 0 Å². The van der Waals surface area contributed by atoms with Crippen molar-refractivity contribution in [3.8, 4) is 11.8 Å². The van der Waals surface area contributed by atoms with Crippen molar-refractivity contribution in [1.82, 2.24) is 10.2 Å². The lowest BCUT2D eigenvalue weighted by Crippen LogP contribution is -2.50. The van der Waals surface area contributed by atoms with Gasteiger partial charge in [0, 0.05) is 24.2 Å². The molecule has 0 spiro atoms. The molecule has 0 bridgehead atoms. The van der Waals surface area contributed by atoms with Crippen LogP contribution in [-0.4, -0.2) is 49.4 Å². The molecule has 1 aromatic carbocycles. The molecule has 132 valence electrons. The second-order valence-corrected chi connectivity index (χ2v) is 5.78. The van der Waals surface area contributed by atoms with Crippen LogP contribution in [0.5, 0.6) is 0 Å². The van der Waals surface area contributed by atoms with Gasteiger partial charge in [0.25, 0.3) is 6.43 Å². The second kappa shape index (κ2) is 7.38. The smallest absolute Gasteiger partial charge is 0.409 e. The van der Waals surface area contributed by atoms with E-state index in [2.05, 4.69) is 21.9 Å². The predicted molar refractivity (Wildman–Crippen MR) is 83.0 cm³/mol. The van der Waals surface area contributed by atoms with Crippen LogP contribution in [0.1, 0.15) is 17.6 Å². The van der Waals surface area contributed by atoms with E-state index < -0.39 is 18.6 Å². The van der Waals surface area contributed by atoms with E-state index in [4.69, 9.17) is 4.74 Å². The third kappa shape index (κ3) is 4.18. The van der Waals surface area contributed by atoms with Crippen LogP contribution >= 0.6 is 0 Å². The number of alkyl halides is 2. The Morgan fingerprint density at radius 3 is 2.84 bits per heavy atom. The molecule has 2 fully saturated rings. The van der Waals surface area contributed by atoms with Crippen molar-refractivity contribution in [2.24, 2.45) is 5.92 Å². The fourth-order valence-corrected chi connectivity index (χ4v) is 2.48. The average molecular weight is 350 g/mol. The molecule has 0 radical (unpaired) electrons. The number of hydrogen-bond acceptors (Lipinski definition) is 4. The first-order valence-electron chi connectivity index (χ1n) is 7.76.